The average Bonchev–Trinajstić information content (AvgIpc) is 3.83. The quantitative estimate of drug-likeness (QED) is 0.185. The summed E-state index contributed by atoms with van der Waals surface area (Å²) in [6, 6.07) is 51.1. The van der Waals surface area contributed by atoms with E-state index < -0.39 is 0 Å². The van der Waals surface area contributed by atoms with E-state index in [0.29, 0.717) is 0 Å². The summed E-state index contributed by atoms with van der Waals surface area (Å²) in [6.45, 7) is 0. The molecule has 0 aliphatic heterocycles. The van der Waals surface area contributed by atoms with E-state index in [1.165, 1.54) is 0 Å². The number of hydrogen-bond acceptors (Lipinski definition) is 0. The Hall–Kier alpha value is -6.58. The van der Waals surface area contributed by atoms with E-state index >= 15 is 0 Å². The number of para-hydroxylation sites is 4. The van der Waals surface area contributed by atoms with Crippen molar-refractivity contribution < 1.29 is 5.48 Å². The fraction of sp³-hybridized carbons (Fsp3) is 0. The fourth-order valence-corrected chi connectivity index (χ4v) is 8.03. The van der Waals surface area contributed by atoms with Crippen LogP contribution >= 0.6 is 0 Å². The Kier molecular flexibility index (Phi) is 4.65. The molecular formula is C46H29N3. The van der Waals surface area contributed by atoms with E-state index in [9.17, 15) is 5.48 Å². The molecule has 0 aliphatic rings. The topological polar surface area (TPSA) is 14.8 Å². The fourth-order valence-electron chi connectivity index (χ4n) is 8.03. The lowest BCUT2D eigenvalue weighted by atomic mass is 10.0. The lowest BCUT2D eigenvalue weighted by Gasteiger charge is -2.12. The van der Waals surface area contributed by atoms with Crippen molar-refractivity contribution in [3.05, 3.63) is 176 Å². The zero-order valence-corrected chi connectivity index (χ0v) is 26.3. The van der Waals surface area contributed by atoms with Gasteiger partial charge in [0.1, 0.15) is 0 Å². The summed E-state index contributed by atoms with van der Waals surface area (Å²) < 4.78 is 44.6. The SMILES string of the molecule is [2H]c1c([2H])c(-n2c3cc4c(cc3c3c5ccccc5ccc32)c2ccccc2n4-c2ccccc2)c([2H])c([2H])c1-n1c2ccccc2c2ccccc21. The van der Waals surface area contributed by atoms with Crippen LogP contribution in [0.5, 0.6) is 0 Å². The van der Waals surface area contributed by atoms with Gasteiger partial charge in [0.05, 0.1) is 38.6 Å². The molecule has 3 nitrogen and oxygen atoms in total. The normalized spacial score (nSPS) is 13.2. The van der Waals surface area contributed by atoms with Crippen molar-refractivity contribution in [2.24, 2.45) is 0 Å². The molecule has 0 N–H and O–H groups in total. The smallest absolute Gasteiger partial charge is 0.0646 e. The zero-order valence-electron chi connectivity index (χ0n) is 30.3. The maximum absolute atomic E-state index is 9.68. The highest BCUT2D eigenvalue weighted by Crippen LogP contribution is 2.42. The van der Waals surface area contributed by atoms with Crippen LogP contribution in [0.2, 0.25) is 0 Å². The van der Waals surface area contributed by atoms with E-state index in [0.717, 1.165) is 81.9 Å². The van der Waals surface area contributed by atoms with Crippen LogP contribution in [-0.4, -0.2) is 13.7 Å². The predicted octanol–water partition coefficient (Wildman–Crippen LogP) is 12.1. The average molecular weight is 628 g/mol. The van der Waals surface area contributed by atoms with Crippen molar-refractivity contribution in [3.63, 3.8) is 0 Å². The summed E-state index contributed by atoms with van der Waals surface area (Å²) in [6.07, 6.45) is 0. The van der Waals surface area contributed by atoms with Crippen LogP contribution in [0.1, 0.15) is 5.48 Å². The Morgan fingerprint density at radius 1 is 0.306 bits per heavy atom. The second-order valence-electron chi connectivity index (χ2n) is 12.7. The molecule has 3 aromatic heterocycles. The molecule has 49 heavy (non-hydrogen) atoms. The van der Waals surface area contributed by atoms with Gasteiger partial charge in [-0.3, -0.25) is 0 Å². The number of aromatic nitrogens is 3. The van der Waals surface area contributed by atoms with Crippen molar-refractivity contribution >= 4 is 76.2 Å². The van der Waals surface area contributed by atoms with Gasteiger partial charge in [0.2, 0.25) is 0 Å². The van der Waals surface area contributed by atoms with E-state index in [1.807, 2.05) is 88.0 Å². The maximum atomic E-state index is 9.68. The molecule has 0 saturated heterocycles. The van der Waals surface area contributed by atoms with Crippen LogP contribution in [0, 0.1) is 0 Å². The van der Waals surface area contributed by atoms with Crippen molar-refractivity contribution in [1.29, 1.82) is 0 Å². The van der Waals surface area contributed by atoms with E-state index in [2.05, 4.69) is 77.4 Å². The molecule has 0 amide bonds. The van der Waals surface area contributed by atoms with Crippen molar-refractivity contribution in [2.45, 2.75) is 0 Å². The molecule has 0 atom stereocenters. The monoisotopic (exact) mass is 627 g/mol. The van der Waals surface area contributed by atoms with Crippen molar-refractivity contribution in [1.82, 2.24) is 13.7 Å². The summed E-state index contributed by atoms with van der Waals surface area (Å²) in [4.78, 5) is 0. The molecule has 0 bridgehead atoms. The van der Waals surface area contributed by atoms with Crippen molar-refractivity contribution in [3.8, 4) is 17.1 Å². The van der Waals surface area contributed by atoms with Gasteiger partial charge < -0.3 is 13.7 Å². The molecular weight excluding hydrogens is 595 g/mol. The third-order valence-corrected chi connectivity index (χ3v) is 10.1. The molecule has 0 radical (unpaired) electrons. The Morgan fingerprint density at radius 3 is 1.41 bits per heavy atom. The van der Waals surface area contributed by atoms with Crippen LogP contribution in [0.4, 0.5) is 0 Å². The minimum atomic E-state index is -0.0986. The van der Waals surface area contributed by atoms with Crippen LogP contribution < -0.4 is 0 Å². The van der Waals surface area contributed by atoms with Crippen LogP contribution in [0.25, 0.3) is 93.3 Å². The first kappa shape index (κ1) is 22.9. The highest BCUT2D eigenvalue weighted by Gasteiger charge is 2.20. The summed E-state index contributed by atoms with van der Waals surface area (Å²) in [5.41, 5.74) is 6.88. The van der Waals surface area contributed by atoms with Gasteiger partial charge in [0, 0.05) is 49.4 Å². The number of rotatable bonds is 3. The minimum absolute atomic E-state index is 0.0947. The molecule has 0 spiro atoms. The number of fused-ring (bicyclic) bond motifs is 11. The maximum Gasteiger partial charge on any atom is 0.0646 e. The van der Waals surface area contributed by atoms with E-state index in [1.54, 1.807) is 0 Å². The first-order valence-electron chi connectivity index (χ1n) is 18.5. The number of benzene rings is 8. The van der Waals surface area contributed by atoms with Crippen LogP contribution in [0.15, 0.2) is 176 Å². The third-order valence-electron chi connectivity index (χ3n) is 10.1. The zero-order chi connectivity index (χ0) is 35.5. The van der Waals surface area contributed by atoms with Crippen molar-refractivity contribution in [2.75, 3.05) is 0 Å². The molecule has 0 saturated carbocycles. The van der Waals surface area contributed by atoms with E-state index in [4.69, 9.17) is 0 Å². The van der Waals surface area contributed by atoms with Gasteiger partial charge >= 0.3 is 0 Å². The molecule has 0 aliphatic carbocycles. The molecule has 3 heterocycles. The lowest BCUT2D eigenvalue weighted by Crippen LogP contribution is -1.98. The van der Waals surface area contributed by atoms with Gasteiger partial charge in [-0.15, -0.1) is 0 Å². The Labute approximate surface area is 287 Å². The highest BCUT2D eigenvalue weighted by molar-refractivity contribution is 6.25. The summed E-state index contributed by atoms with van der Waals surface area (Å²) in [5.74, 6) is 0. The number of hydrogen-bond donors (Lipinski definition) is 0. The standard InChI is InChI=1S/C46H29N3/c1-2-13-31(14-3-1)48-42-21-11-8-18-37(42)38-28-39-45(29-44(38)48)49(43-27-22-30-12-4-5-15-34(30)46(39)43)33-25-23-32(24-26-33)47-40-19-9-6-16-35(40)36-17-7-10-20-41(36)47/h1-29H/i23D,24D,25D,26D. The van der Waals surface area contributed by atoms with Gasteiger partial charge in [-0.25, -0.2) is 0 Å². The summed E-state index contributed by atoms with van der Waals surface area (Å²) in [7, 11) is 0. The molecule has 11 rings (SSSR count). The molecule has 11 aromatic rings. The number of nitrogens with zero attached hydrogens (tertiary/aromatic N) is 3. The van der Waals surface area contributed by atoms with Crippen LogP contribution in [-0.2, 0) is 0 Å². The summed E-state index contributed by atoms with van der Waals surface area (Å²) in [5, 5.41) is 8.39. The van der Waals surface area contributed by atoms with Gasteiger partial charge in [-0.2, -0.15) is 0 Å². The van der Waals surface area contributed by atoms with Gasteiger partial charge in [-0.05, 0) is 83.5 Å². The largest absolute Gasteiger partial charge is 0.309 e. The minimum Gasteiger partial charge on any atom is -0.309 e. The van der Waals surface area contributed by atoms with Gasteiger partial charge in [-0.1, -0.05) is 103 Å². The Morgan fingerprint density at radius 2 is 0.776 bits per heavy atom. The first-order valence-corrected chi connectivity index (χ1v) is 16.5. The third kappa shape index (κ3) is 3.67. The Bertz CT molecular complexity index is 3250. The molecule has 0 fully saturated rings. The van der Waals surface area contributed by atoms with E-state index in [-0.39, 0.29) is 35.5 Å². The lowest BCUT2D eigenvalue weighted by molar-refractivity contribution is 1.14. The predicted molar refractivity (Wildman–Crippen MR) is 207 cm³/mol. The van der Waals surface area contributed by atoms with Gasteiger partial charge in [0.25, 0.3) is 0 Å². The second kappa shape index (κ2) is 9.96. The summed E-state index contributed by atoms with van der Waals surface area (Å²) >= 11 is 0. The van der Waals surface area contributed by atoms with Crippen LogP contribution in [0.3, 0.4) is 0 Å². The second-order valence-corrected chi connectivity index (χ2v) is 12.7. The van der Waals surface area contributed by atoms with Gasteiger partial charge in [0.15, 0.2) is 0 Å². The molecule has 228 valence electrons. The molecule has 8 aromatic carbocycles. The molecule has 0 unspecified atom stereocenters. The first-order chi connectivity index (χ1) is 26.0. The Balaban J connectivity index is 1.30. The molecule has 3 heteroatoms. The highest BCUT2D eigenvalue weighted by atomic mass is 15.0.